The molecule has 1 aromatic heterocycles. The molecule has 1 aromatic carbocycles. The molecule has 23 heavy (non-hydrogen) atoms. The highest BCUT2D eigenvalue weighted by molar-refractivity contribution is 9.10. The number of halogens is 2. The van der Waals surface area contributed by atoms with Gasteiger partial charge in [-0.1, -0.05) is 15.9 Å². The molecular formula is C14H14Br2N2O3S2. The Hall–Kier alpha value is -0.740. The third-order valence-corrected chi connectivity index (χ3v) is 6.55. The van der Waals surface area contributed by atoms with E-state index in [0.29, 0.717) is 6.54 Å². The number of nitrogens with one attached hydrogen (secondary N) is 2. The predicted molar refractivity (Wildman–Crippen MR) is 97.8 cm³/mol. The van der Waals surface area contributed by atoms with E-state index < -0.39 is 10.0 Å². The SMILES string of the molecule is O=C(CCNS(=O)(=O)c1ccc(Br)cc1)NCc1cc(Br)cs1. The Bertz CT molecular complexity index is 774. The van der Waals surface area contributed by atoms with E-state index in [1.165, 1.54) is 12.1 Å². The fourth-order valence-electron chi connectivity index (χ4n) is 1.72. The molecule has 9 heteroatoms. The Balaban J connectivity index is 1.77. The zero-order valence-corrected chi connectivity index (χ0v) is 16.7. The van der Waals surface area contributed by atoms with Crippen LogP contribution in [0.5, 0.6) is 0 Å². The number of thiophene rings is 1. The van der Waals surface area contributed by atoms with Crippen LogP contribution in [0.4, 0.5) is 0 Å². The molecule has 0 radical (unpaired) electrons. The minimum atomic E-state index is -3.59. The molecule has 0 aliphatic carbocycles. The Kier molecular flexibility index (Phi) is 6.78. The van der Waals surface area contributed by atoms with E-state index in [1.807, 2.05) is 11.4 Å². The summed E-state index contributed by atoms with van der Waals surface area (Å²) in [4.78, 5) is 12.9. The summed E-state index contributed by atoms with van der Waals surface area (Å²) in [7, 11) is -3.59. The molecule has 5 nitrogen and oxygen atoms in total. The molecule has 1 amide bonds. The zero-order valence-electron chi connectivity index (χ0n) is 11.9. The minimum Gasteiger partial charge on any atom is -0.351 e. The van der Waals surface area contributed by atoms with Crippen molar-refractivity contribution in [3.05, 3.63) is 49.5 Å². The second-order valence-electron chi connectivity index (χ2n) is 4.61. The van der Waals surface area contributed by atoms with Gasteiger partial charge in [-0.05, 0) is 46.3 Å². The highest BCUT2D eigenvalue weighted by atomic mass is 79.9. The molecule has 0 unspecified atom stereocenters. The number of carbonyl (C=O) groups excluding carboxylic acids is 1. The van der Waals surface area contributed by atoms with E-state index >= 15 is 0 Å². The zero-order chi connectivity index (χ0) is 16.9. The van der Waals surface area contributed by atoms with Crippen molar-refractivity contribution in [1.82, 2.24) is 10.0 Å². The number of hydrogen-bond acceptors (Lipinski definition) is 4. The van der Waals surface area contributed by atoms with Gasteiger partial charge in [0.15, 0.2) is 0 Å². The van der Waals surface area contributed by atoms with Gasteiger partial charge in [0.2, 0.25) is 15.9 Å². The van der Waals surface area contributed by atoms with Gasteiger partial charge >= 0.3 is 0 Å². The van der Waals surface area contributed by atoms with E-state index in [1.54, 1.807) is 23.5 Å². The lowest BCUT2D eigenvalue weighted by molar-refractivity contribution is -0.121. The average molecular weight is 482 g/mol. The molecule has 0 aliphatic heterocycles. The third kappa shape index (κ3) is 6.00. The second-order valence-corrected chi connectivity index (χ2v) is 9.20. The standard InChI is InChI=1S/C14H14Br2N2O3S2/c15-10-1-3-13(4-2-10)23(20,21)18-6-5-14(19)17-8-12-7-11(16)9-22-12/h1-4,7,9,18H,5-6,8H2,(H,17,19). The summed E-state index contributed by atoms with van der Waals surface area (Å²) < 4.78 is 28.3. The molecule has 1 heterocycles. The maximum Gasteiger partial charge on any atom is 0.240 e. The summed E-state index contributed by atoms with van der Waals surface area (Å²) in [5, 5.41) is 4.69. The minimum absolute atomic E-state index is 0.0539. The van der Waals surface area contributed by atoms with E-state index in [4.69, 9.17) is 0 Å². The number of benzene rings is 1. The van der Waals surface area contributed by atoms with Crippen molar-refractivity contribution in [3.8, 4) is 0 Å². The maximum absolute atomic E-state index is 12.0. The van der Waals surface area contributed by atoms with Crippen molar-refractivity contribution in [2.45, 2.75) is 17.9 Å². The maximum atomic E-state index is 12.0. The smallest absolute Gasteiger partial charge is 0.240 e. The molecule has 2 aromatic rings. The van der Waals surface area contributed by atoms with Crippen LogP contribution in [0.25, 0.3) is 0 Å². The highest BCUT2D eigenvalue weighted by Crippen LogP contribution is 2.19. The fraction of sp³-hybridized carbons (Fsp3) is 0.214. The van der Waals surface area contributed by atoms with E-state index in [2.05, 4.69) is 41.9 Å². The van der Waals surface area contributed by atoms with Crippen LogP contribution in [-0.4, -0.2) is 20.9 Å². The van der Waals surface area contributed by atoms with Gasteiger partial charge < -0.3 is 5.32 Å². The number of amides is 1. The van der Waals surface area contributed by atoms with Crippen molar-refractivity contribution in [2.24, 2.45) is 0 Å². The molecule has 2 rings (SSSR count). The molecule has 0 saturated heterocycles. The summed E-state index contributed by atoms with van der Waals surface area (Å²) in [6.45, 7) is 0.493. The van der Waals surface area contributed by atoms with Gasteiger partial charge in [0.05, 0.1) is 11.4 Å². The molecule has 0 fully saturated rings. The lowest BCUT2D eigenvalue weighted by Crippen LogP contribution is -2.30. The van der Waals surface area contributed by atoms with Gasteiger partial charge in [-0.3, -0.25) is 4.79 Å². The van der Waals surface area contributed by atoms with Crippen molar-refractivity contribution in [2.75, 3.05) is 6.54 Å². The van der Waals surface area contributed by atoms with Gasteiger partial charge in [0, 0.05) is 32.2 Å². The molecule has 2 N–H and O–H groups in total. The van der Waals surface area contributed by atoms with Gasteiger partial charge in [-0.2, -0.15) is 0 Å². The molecule has 0 saturated carbocycles. The van der Waals surface area contributed by atoms with Crippen molar-refractivity contribution >= 4 is 59.1 Å². The number of hydrogen-bond donors (Lipinski definition) is 2. The quantitative estimate of drug-likeness (QED) is 0.637. The van der Waals surface area contributed by atoms with Crippen LogP contribution < -0.4 is 10.0 Å². The highest BCUT2D eigenvalue weighted by Gasteiger charge is 2.13. The van der Waals surface area contributed by atoms with Crippen molar-refractivity contribution in [1.29, 1.82) is 0 Å². The van der Waals surface area contributed by atoms with Crippen LogP contribution in [-0.2, 0) is 21.4 Å². The molecule has 0 bridgehead atoms. The van der Waals surface area contributed by atoms with Crippen LogP contribution in [0.2, 0.25) is 0 Å². The summed E-state index contributed by atoms with van der Waals surface area (Å²) >= 11 is 8.14. The van der Waals surface area contributed by atoms with Gasteiger partial charge in [-0.15, -0.1) is 11.3 Å². The topological polar surface area (TPSA) is 75.3 Å². The Morgan fingerprint density at radius 3 is 2.43 bits per heavy atom. The van der Waals surface area contributed by atoms with Gasteiger partial charge in [0.25, 0.3) is 0 Å². The summed E-state index contributed by atoms with van der Waals surface area (Å²) in [6, 6.07) is 8.24. The first-order chi connectivity index (χ1) is 10.9. The van der Waals surface area contributed by atoms with Gasteiger partial charge in [-0.25, -0.2) is 13.1 Å². The number of sulfonamides is 1. The monoisotopic (exact) mass is 480 g/mol. The first kappa shape index (κ1) is 18.6. The number of carbonyl (C=O) groups is 1. The van der Waals surface area contributed by atoms with Gasteiger partial charge in [0.1, 0.15) is 0 Å². The van der Waals surface area contributed by atoms with E-state index in [9.17, 15) is 13.2 Å². The third-order valence-electron chi connectivity index (χ3n) is 2.85. The van der Waals surface area contributed by atoms with Crippen LogP contribution in [0.3, 0.4) is 0 Å². The van der Waals surface area contributed by atoms with Crippen LogP contribution >= 0.6 is 43.2 Å². The second kappa shape index (κ2) is 8.39. The molecular weight excluding hydrogens is 468 g/mol. The molecule has 0 atom stereocenters. The molecule has 0 spiro atoms. The van der Waals surface area contributed by atoms with Crippen LogP contribution in [0.15, 0.2) is 49.6 Å². The Morgan fingerprint density at radius 2 is 1.83 bits per heavy atom. The Morgan fingerprint density at radius 1 is 1.13 bits per heavy atom. The molecule has 0 aliphatic rings. The van der Waals surface area contributed by atoms with Crippen molar-refractivity contribution in [3.63, 3.8) is 0 Å². The lowest BCUT2D eigenvalue weighted by atomic mass is 10.4. The predicted octanol–water partition coefficient (Wildman–Crippen LogP) is 3.26. The largest absolute Gasteiger partial charge is 0.351 e. The number of rotatable bonds is 7. The average Bonchev–Trinajstić information content (AvgIpc) is 2.91. The van der Waals surface area contributed by atoms with Crippen LogP contribution in [0.1, 0.15) is 11.3 Å². The van der Waals surface area contributed by atoms with E-state index in [-0.39, 0.29) is 23.8 Å². The fourth-order valence-corrected chi connectivity index (χ4v) is 4.40. The van der Waals surface area contributed by atoms with Crippen molar-refractivity contribution < 1.29 is 13.2 Å². The normalized spacial score (nSPS) is 11.4. The first-order valence-electron chi connectivity index (χ1n) is 6.62. The van der Waals surface area contributed by atoms with E-state index in [0.717, 1.165) is 13.8 Å². The van der Waals surface area contributed by atoms with Crippen LogP contribution in [0, 0.1) is 0 Å². The molecule has 124 valence electrons. The Labute approximate surface area is 155 Å². The first-order valence-corrected chi connectivity index (χ1v) is 10.6. The summed E-state index contributed by atoms with van der Waals surface area (Å²) in [5.41, 5.74) is 0. The lowest BCUT2D eigenvalue weighted by Gasteiger charge is -2.07. The summed E-state index contributed by atoms with van der Waals surface area (Å²) in [6.07, 6.45) is 0.0856. The summed E-state index contributed by atoms with van der Waals surface area (Å²) in [5.74, 6) is -0.201.